The summed E-state index contributed by atoms with van der Waals surface area (Å²) in [6.07, 6.45) is 1.09. The molecule has 1 aliphatic heterocycles. The Bertz CT molecular complexity index is 839. The van der Waals surface area contributed by atoms with E-state index in [2.05, 4.69) is 20.8 Å². The Kier molecular flexibility index (Phi) is 5.90. The van der Waals surface area contributed by atoms with E-state index in [1.54, 1.807) is 6.92 Å². The lowest BCUT2D eigenvalue weighted by Gasteiger charge is -2.22. The summed E-state index contributed by atoms with van der Waals surface area (Å²) in [5.41, 5.74) is 0.829. The number of amides is 2. The highest BCUT2D eigenvalue weighted by molar-refractivity contribution is 7.18. The SMILES string of the molecule is CCC(=O)N[C@H](C(=O)Nc1nnc(-c2ccc3c(c2)OCO3)s1)[C@H](C)CC. The number of hydrogen-bond donors (Lipinski definition) is 2. The topological polar surface area (TPSA) is 102 Å². The van der Waals surface area contributed by atoms with E-state index < -0.39 is 6.04 Å². The zero-order valence-electron chi connectivity index (χ0n) is 15.4. The van der Waals surface area contributed by atoms with Crippen LogP contribution in [-0.4, -0.2) is 34.8 Å². The molecule has 2 N–H and O–H groups in total. The fourth-order valence-electron chi connectivity index (χ4n) is 2.58. The number of nitrogens with one attached hydrogen (secondary N) is 2. The number of hydrogen-bond acceptors (Lipinski definition) is 7. The molecule has 8 nitrogen and oxygen atoms in total. The van der Waals surface area contributed by atoms with Gasteiger partial charge in [-0.2, -0.15) is 0 Å². The van der Waals surface area contributed by atoms with Crippen molar-refractivity contribution in [2.75, 3.05) is 12.1 Å². The lowest BCUT2D eigenvalue weighted by atomic mass is 9.98. The molecule has 0 unspecified atom stereocenters. The van der Waals surface area contributed by atoms with Gasteiger partial charge in [0.25, 0.3) is 0 Å². The molecule has 27 heavy (non-hydrogen) atoms. The third kappa shape index (κ3) is 4.36. The van der Waals surface area contributed by atoms with Crippen LogP contribution in [0.5, 0.6) is 11.5 Å². The monoisotopic (exact) mass is 390 g/mol. The lowest BCUT2D eigenvalue weighted by molar-refractivity contribution is -0.127. The van der Waals surface area contributed by atoms with Gasteiger partial charge in [-0.25, -0.2) is 0 Å². The smallest absolute Gasteiger partial charge is 0.249 e. The van der Waals surface area contributed by atoms with E-state index in [4.69, 9.17) is 9.47 Å². The minimum Gasteiger partial charge on any atom is -0.454 e. The summed E-state index contributed by atoms with van der Waals surface area (Å²) < 4.78 is 10.7. The minimum atomic E-state index is -0.611. The van der Waals surface area contributed by atoms with Crippen LogP contribution in [0.15, 0.2) is 18.2 Å². The highest BCUT2D eigenvalue weighted by Crippen LogP contribution is 2.37. The van der Waals surface area contributed by atoms with Crippen molar-refractivity contribution in [2.45, 2.75) is 39.7 Å². The number of anilines is 1. The van der Waals surface area contributed by atoms with E-state index in [1.165, 1.54) is 11.3 Å². The molecule has 0 aliphatic carbocycles. The second kappa shape index (κ2) is 8.34. The first kappa shape index (κ1) is 19.1. The molecule has 0 radical (unpaired) electrons. The molecule has 1 aromatic carbocycles. The summed E-state index contributed by atoms with van der Waals surface area (Å²) in [6.45, 7) is 5.87. The summed E-state index contributed by atoms with van der Waals surface area (Å²) in [5, 5.41) is 14.8. The van der Waals surface area contributed by atoms with Crippen molar-refractivity contribution < 1.29 is 19.1 Å². The van der Waals surface area contributed by atoms with Gasteiger partial charge in [-0.1, -0.05) is 38.5 Å². The van der Waals surface area contributed by atoms with Crippen LogP contribution in [0.3, 0.4) is 0 Å². The number of rotatable bonds is 7. The molecule has 3 rings (SSSR count). The normalized spacial score (nSPS) is 14.5. The largest absolute Gasteiger partial charge is 0.454 e. The van der Waals surface area contributed by atoms with Gasteiger partial charge in [-0.05, 0) is 24.1 Å². The Labute approximate surface area is 161 Å². The van der Waals surface area contributed by atoms with Gasteiger partial charge in [-0.3, -0.25) is 14.9 Å². The summed E-state index contributed by atoms with van der Waals surface area (Å²) in [4.78, 5) is 24.4. The van der Waals surface area contributed by atoms with Crippen molar-refractivity contribution in [3.63, 3.8) is 0 Å². The van der Waals surface area contributed by atoms with Crippen LogP contribution in [0.2, 0.25) is 0 Å². The number of nitrogens with zero attached hydrogens (tertiary/aromatic N) is 2. The fraction of sp³-hybridized carbons (Fsp3) is 0.444. The van der Waals surface area contributed by atoms with Crippen molar-refractivity contribution in [2.24, 2.45) is 5.92 Å². The Morgan fingerprint density at radius 2 is 2.00 bits per heavy atom. The van der Waals surface area contributed by atoms with Crippen molar-refractivity contribution in [1.29, 1.82) is 0 Å². The van der Waals surface area contributed by atoms with E-state index in [-0.39, 0.29) is 24.5 Å². The first-order chi connectivity index (χ1) is 13.0. The zero-order valence-corrected chi connectivity index (χ0v) is 16.3. The summed E-state index contributed by atoms with van der Waals surface area (Å²) in [6, 6.07) is 4.90. The predicted molar refractivity (Wildman–Crippen MR) is 102 cm³/mol. The van der Waals surface area contributed by atoms with Crippen molar-refractivity contribution in [1.82, 2.24) is 15.5 Å². The summed E-state index contributed by atoms with van der Waals surface area (Å²) in [5.74, 6) is 0.905. The fourth-order valence-corrected chi connectivity index (χ4v) is 3.32. The van der Waals surface area contributed by atoms with Gasteiger partial charge >= 0.3 is 0 Å². The average Bonchev–Trinajstić information content (AvgIpc) is 3.33. The lowest BCUT2D eigenvalue weighted by Crippen LogP contribution is -2.47. The Balaban J connectivity index is 1.72. The number of fused-ring (bicyclic) bond motifs is 1. The Hall–Kier alpha value is -2.68. The maximum Gasteiger partial charge on any atom is 0.249 e. The van der Waals surface area contributed by atoms with Gasteiger partial charge in [-0.15, -0.1) is 10.2 Å². The summed E-state index contributed by atoms with van der Waals surface area (Å²) in [7, 11) is 0. The van der Waals surface area contributed by atoms with Gasteiger partial charge in [0.15, 0.2) is 11.5 Å². The number of aromatic nitrogens is 2. The van der Waals surface area contributed by atoms with Crippen LogP contribution >= 0.6 is 11.3 Å². The Morgan fingerprint density at radius 1 is 1.22 bits per heavy atom. The second-order valence-corrected chi connectivity index (χ2v) is 7.23. The van der Waals surface area contributed by atoms with Gasteiger partial charge in [0, 0.05) is 12.0 Å². The number of ether oxygens (including phenoxy) is 2. The van der Waals surface area contributed by atoms with Crippen LogP contribution in [0.4, 0.5) is 5.13 Å². The van der Waals surface area contributed by atoms with Gasteiger partial charge in [0.1, 0.15) is 11.0 Å². The van der Waals surface area contributed by atoms with E-state index in [0.29, 0.717) is 28.1 Å². The molecule has 9 heteroatoms. The van der Waals surface area contributed by atoms with Crippen molar-refractivity contribution >= 4 is 28.3 Å². The van der Waals surface area contributed by atoms with E-state index in [1.807, 2.05) is 32.0 Å². The third-order valence-corrected chi connectivity index (χ3v) is 5.30. The second-order valence-electron chi connectivity index (χ2n) is 6.25. The molecule has 0 fully saturated rings. The molecule has 0 saturated carbocycles. The summed E-state index contributed by atoms with van der Waals surface area (Å²) >= 11 is 1.26. The molecule has 2 amide bonds. The number of carbonyl (C=O) groups excluding carboxylic acids is 2. The number of benzene rings is 1. The molecule has 2 atom stereocenters. The van der Waals surface area contributed by atoms with Gasteiger partial charge < -0.3 is 14.8 Å². The molecular formula is C18H22N4O4S. The molecule has 0 bridgehead atoms. The zero-order chi connectivity index (χ0) is 19.4. The third-order valence-electron chi connectivity index (χ3n) is 4.41. The first-order valence-corrected chi connectivity index (χ1v) is 9.67. The van der Waals surface area contributed by atoms with Crippen LogP contribution < -0.4 is 20.1 Å². The molecule has 1 aliphatic rings. The van der Waals surface area contributed by atoms with Gasteiger partial charge in [0.2, 0.25) is 23.7 Å². The quantitative estimate of drug-likeness (QED) is 0.754. The maximum absolute atomic E-state index is 12.6. The average molecular weight is 390 g/mol. The highest BCUT2D eigenvalue weighted by Gasteiger charge is 2.26. The van der Waals surface area contributed by atoms with Crippen LogP contribution in [0, 0.1) is 5.92 Å². The Morgan fingerprint density at radius 3 is 2.74 bits per heavy atom. The van der Waals surface area contributed by atoms with E-state index in [9.17, 15) is 9.59 Å². The molecular weight excluding hydrogens is 368 g/mol. The standard InChI is InChI=1S/C18H22N4O4S/c1-4-10(3)15(19-14(23)5-2)16(24)20-18-22-21-17(27-18)11-6-7-12-13(8-11)26-9-25-12/h6-8,10,15H,4-5,9H2,1-3H3,(H,19,23)(H,20,22,24)/t10-,15+/m1/s1. The highest BCUT2D eigenvalue weighted by atomic mass is 32.1. The number of carbonyl (C=O) groups is 2. The van der Waals surface area contributed by atoms with Crippen molar-refractivity contribution in [3.8, 4) is 22.1 Å². The molecule has 0 saturated heterocycles. The molecule has 1 aromatic heterocycles. The minimum absolute atomic E-state index is 0.00162. The van der Waals surface area contributed by atoms with E-state index >= 15 is 0 Å². The van der Waals surface area contributed by atoms with Crippen LogP contribution in [0.25, 0.3) is 10.6 Å². The van der Waals surface area contributed by atoms with E-state index in [0.717, 1.165) is 12.0 Å². The molecule has 2 aromatic rings. The van der Waals surface area contributed by atoms with Crippen molar-refractivity contribution in [3.05, 3.63) is 18.2 Å². The van der Waals surface area contributed by atoms with Gasteiger partial charge in [0.05, 0.1) is 0 Å². The molecule has 2 heterocycles. The predicted octanol–water partition coefficient (Wildman–Crippen LogP) is 2.81. The van der Waals surface area contributed by atoms with Crippen LogP contribution in [-0.2, 0) is 9.59 Å². The molecule has 144 valence electrons. The maximum atomic E-state index is 12.6. The first-order valence-electron chi connectivity index (χ1n) is 8.85. The molecule has 0 spiro atoms. The van der Waals surface area contributed by atoms with Crippen LogP contribution in [0.1, 0.15) is 33.6 Å².